The van der Waals surface area contributed by atoms with Crippen LogP contribution in [0.1, 0.15) is 54.4 Å². The van der Waals surface area contributed by atoms with E-state index in [1.54, 1.807) is 0 Å². The maximum Gasteiger partial charge on any atom is 0.338 e. The van der Waals surface area contributed by atoms with Crippen molar-refractivity contribution in [3.63, 3.8) is 0 Å². The monoisotopic (exact) mass is 511 g/mol. The first-order chi connectivity index (χ1) is 17.2. The van der Waals surface area contributed by atoms with Crippen LogP contribution in [0.2, 0.25) is 0 Å². The Morgan fingerprint density at radius 3 is 2.17 bits per heavy atom. The van der Waals surface area contributed by atoms with Crippen molar-refractivity contribution in [3.05, 3.63) is 59.7 Å². The van der Waals surface area contributed by atoms with Gasteiger partial charge in [0.05, 0.1) is 12.7 Å². The fraction of sp³-hybridized carbons (Fsp3) is 0.500. The molecule has 2 aromatic carbocycles. The molecule has 0 aromatic heterocycles. The highest BCUT2D eigenvalue weighted by molar-refractivity contribution is 7.89. The van der Waals surface area contributed by atoms with Crippen molar-refractivity contribution in [1.82, 2.24) is 4.31 Å². The summed E-state index contributed by atoms with van der Waals surface area (Å²) in [7, 11) is -1.10. The molecule has 0 saturated heterocycles. The number of esters is 1. The van der Waals surface area contributed by atoms with Gasteiger partial charge >= 0.3 is 5.97 Å². The zero-order valence-electron chi connectivity index (χ0n) is 20.8. The van der Waals surface area contributed by atoms with Gasteiger partial charge in [0.15, 0.2) is 12.4 Å². The van der Waals surface area contributed by atoms with Crippen LogP contribution in [-0.4, -0.2) is 45.2 Å². The lowest BCUT2D eigenvalue weighted by atomic mass is 9.48. The van der Waals surface area contributed by atoms with Gasteiger partial charge in [0, 0.05) is 19.0 Å². The second kappa shape index (κ2) is 9.63. The van der Waals surface area contributed by atoms with Gasteiger partial charge in [-0.2, -0.15) is 4.31 Å². The number of nitrogens with zero attached hydrogens (tertiary/aromatic N) is 1. The summed E-state index contributed by atoms with van der Waals surface area (Å²) in [4.78, 5) is 26.0. The van der Waals surface area contributed by atoms with Gasteiger partial charge in [-0.3, -0.25) is 4.79 Å². The number of carbonyl (C=O) groups is 2. The Labute approximate surface area is 212 Å². The summed E-state index contributed by atoms with van der Waals surface area (Å²) < 4.78 is 38.7. The number of methoxy groups -OCH3 is 1. The smallest absolute Gasteiger partial charge is 0.338 e. The minimum atomic E-state index is -3.96. The van der Waals surface area contributed by atoms with Crippen molar-refractivity contribution >= 4 is 21.8 Å². The zero-order chi connectivity index (χ0) is 25.5. The summed E-state index contributed by atoms with van der Waals surface area (Å²) in [5.74, 6) is 1.31. The van der Waals surface area contributed by atoms with Crippen LogP contribution < -0.4 is 4.74 Å². The third-order valence-corrected chi connectivity index (χ3v) is 10.1. The van der Waals surface area contributed by atoms with E-state index in [1.807, 2.05) is 30.3 Å². The Balaban J connectivity index is 1.30. The second-order valence-electron chi connectivity index (χ2n) is 10.8. The first-order valence-electron chi connectivity index (χ1n) is 12.6. The van der Waals surface area contributed by atoms with Gasteiger partial charge in [0.2, 0.25) is 10.0 Å². The molecule has 4 aliphatic rings. The molecule has 0 aliphatic heterocycles. The predicted molar refractivity (Wildman–Crippen MR) is 134 cm³/mol. The van der Waals surface area contributed by atoms with E-state index in [0.717, 1.165) is 24.8 Å². The standard InChI is InChI=1S/C28H33NO6S/c1-29(17-19-6-4-3-5-7-19)36(32,33)25-13-23(8-9-24(25)34-2)27(31)35-18-26(30)28-14-20-10-21(15-28)12-22(11-20)16-28/h3-9,13,20-22H,10-12,14-18H2,1-2H3. The maximum atomic E-state index is 13.4. The van der Waals surface area contributed by atoms with E-state index in [9.17, 15) is 18.0 Å². The van der Waals surface area contributed by atoms with Gasteiger partial charge in [-0.1, -0.05) is 30.3 Å². The van der Waals surface area contributed by atoms with E-state index in [0.29, 0.717) is 17.8 Å². The van der Waals surface area contributed by atoms with Gasteiger partial charge in [-0.15, -0.1) is 0 Å². The molecule has 4 saturated carbocycles. The molecule has 4 fully saturated rings. The molecular formula is C28H33NO6S. The fourth-order valence-corrected chi connectivity index (χ4v) is 8.25. The molecule has 0 unspecified atom stereocenters. The van der Waals surface area contributed by atoms with Crippen molar-refractivity contribution in [1.29, 1.82) is 0 Å². The number of carbonyl (C=O) groups excluding carboxylic acids is 2. The molecule has 0 radical (unpaired) electrons. The van der Waals surface area contributed by atoms with Gasteiger partial charge < -0.3 is 9.47 Å². The number of Topliss-reactive ketones (excluding diaryl/α,β-unsaturated/α-hetero) is 1. The molecule has 4 aliphatic carbocycles. The molecule has 0 amide bonds. The van der Waals surface area contributed by atoms with E-state index in [4.69, 9.17) is 9.47 Å². The first kappa shape index (κ1) is 25.0. The number of sulfonamides is 1. The molecule has 0 atom stereocenters. The molecule has 2 aromatic rings. The Kier molecular flexibility index (Phi) is 6.68. The summed E-state index contributed by atoms with van der Waals surface area (Å²) in [6.45, 7) is -0.104. The van der Waals surface area contributed by atoms with Gasteiger partial charge in [0.25, 0.3) is 0 Å². The van der Waals surface area contributed by atoms with E-state index in [2.05, 4.69) is 0 Å². The summed E-state index contributed by atoms with van der Waals surface area (Å²) in [6, 6.07) is 13.4. The van der Waals surface area contributed by atoms with Crippen LogP contribution in [0.3, 0.4) is 0 Å². The molecule has 0 spiro atoms. The Morgan fingerprint density at radius 1 is 0.972 bits per heavy atom. The molecular weight excluding hydrogens is 478 g/mol. The lowest BCUT2D eigenvalue weighted by Crippen LogP contribution is -2.51. The highest BCUT2D eigenvalue weighted by atomic mass is 32.2. The number of ether oxygens (including phenoxy) is 2. The summed E-state index contributed by atoms with van der Waals surface area (Å²) >= 11 is 0. The quantitative estimate of drug-likeness (QED) is 0.462. The largest absolute Gasteiger partial charge is 0.495 e. The molecule has 0 N–H and O–H groups in total. The van der Waals surface area contributed by atoms with Crippen molar-refractivity contribution in [2.45, 2.75) is 50.0 Å². The van der Waals surface area contributed by atoms with Crippen LogP contribution in [0.4, 0.5) is 0 Å². The van der Waals surface area contributed by atoms with Gasteiger partial charge in [0.1, 0.15) is 10.6 Å². The molecule has 6 rings (SSSR count). The molecule has 0 heterocycles. The molecule has 8 heteroatoms. The Morgan fingerprint density at radius 2 is 1.58 bits per heavy atom. The minimum absolute atomic E-state index is 0.0129. The van der Waals surface area contributed by atoms with E-state index < -0.39 is 16.0 Å². The number of ketones is 1. The first-order valence-corrected chi connectivity index (χ1v) is 14.0. The van der Waals surface area contributed by atoms with Gasteiger partial charge in [-0.05, 0) is 80.0 Å². The number of benzene rings is 2. The van der Waals surface area contributed by atoms with Crippen molar-refractivity contribution in [3.8, 4) is 5.75 Å². The molecule has 7 nitrogen and oxygen atoms in total. The average molecular weight is 512 g/mol. The minimum Gasteiger partial charge on any atom is -0.495 e. The molecule has 36 heavy (non-hydrogen) atoms. The topological polar surface area (TPSA) is 90.0 Å². The third kappa shape index (κ3) is 4.68. The number of hydrogen-bond donors (Lipinski definition) is 0. The van der Waals surface area contributed by atoms with Crippen LogP contribution in [-0.2, 0) is 26.1 Å². The second-order valence-corrected chi connectivity index (χ2v) is 12.8. The van der Waals surface area contributed by atoms with Gasteiger partial charge in [-0.25, -0.2) is 13.2 Å². The normalized spacial score (nSPS) is 26.7. The highest BCUT2D eigenvalue weighted by Gasteiger charge is 2.54. The molecule has 4 bridgehead atoms. The predicted octanol–water partition coefficient (Wildman–Crippen LogP) is 4.46. The number of hydrogen-bond acceptors (Lipinski definition) is 6. The summed E-state index contributed by atoms with van der Waals surface area (Å²) in [5.41, 5.74) is 0.561. The SMILES string of the molecule is COc1ccc(C(=O)OCC(=O)C23CC4CC(CC(C4)C2)C3)cc1S(=O)(=O)N(C)Cc1ccccc1. The lowest BCUT2D eigenvalue weighted by Gasteiger charge is -2.55. The average Bonchev–Trinajstić information content (AvgIpc) is 2.86. The number of rotatable bonds is 9. The fourth-order valence-electron chi connectivity index (χ4n) is 6.92. The van der Waals surface area contributed by atoms with Crippen LogP contribution in [0.5, 0.6) is 5.75 Å². The van der Waals surface area contributed by atoms with E-state index >= 15 is 0 Å². The summed E-state index contributed by atoms with van der Waals surface area (Å²) in [6.07, 6.45) is 6.42. The highest BCUT2D eigenvalue weighted by Crippen LogP contribution is 2.60. The van der Waals surface area contributed by atoms with Crippen LogP contribution >= 0.6 is 0 Å². The van der Waals surface area contributed by atoms with Crippen molar-refractivity contribution < 1.29 is 27.5 Å². The zero-order valence-corrected chi connectivity index (χ0v) is 21.6. The molecule has 192 valence electrons. The maximum absolute atomic E-state index is 13.4. The van der Waals surface area contributed by atoms with Crippen LogP contribution in [0.25, 0.3) is 0 Å². The summed E-state index contributed by atoms with van der Waals surface area (Å²) in [5, 5.41) is 0. The van der Waals surface area contributed by atoms with E-state index in [-0.39, 0.29) is 40.6 Å². The van der Waals surface area contributed by atoms with Crippen LogP contribution in [0, 0.1) is 23.2 Å². The Bertz CT molecular complexity index is 1220. The Hall–Kier alpha value is -2.71. The van der Waals surface area contributed by atoms with Crippen molar-refractivity contribution in [2.24, 2.45) is 23.2 Å². The third-order valence-electron chi connectivity index (χ3n) is 8.30. The lowest BCUT2D eigenvalue weighted by molar-refractivity contribution is -0.147. The van der Waals surface area contributed by atoms with E-state index in [1.165, 1.54) is 55.9 Å². The van der Waals surface area contributed by atoms with Crippen molar-refractivity contribution in [2.75, 3.05) is 20.8 Å². The van der Waals surface area contributed by atoms with Crippen LogP contribution in [0.15, 0.2) is 53.4 Å².